The van der Waals surface area contributed by atoms with Gasteiger partial charge in [-0.1, -0.05) is 73.7 Å². The summed E-state index contributed by atoms with van der Waals surface area (Å²) in [6.45, 7) is 1.73. The van der Waals surface area contributed by atoms with E-state index in [9.17, 15) is 19.2 Å². The van der Waals surface area contributed by atoms with Crippen LogP contribution in [-0.4, -0.2) is 23.6 Å². The van der Waals surface area contributed by atoms with E-state index in [0.717, 1.165) is 0 Å². The minimum atomic E-state index is -1.71. The van der Waals surface area contributed by atoms with E-state index in [1.807, 2.05) is 66.7 Å². The number of anilines is 2. The van der Waals surface area contributed by atoms with Crippen LogP contribution in [0.1, 0.15) is 18.9 Å². The third-order valence-electron chi connectivity index (χ3n) is 7.75. The summed E-state index contributed by atoms with van der Waals surface area (Å²) in [6.07, 6.45) is 0.0874. The molecule has 174 valence electrons. The maximum Gasteiger partial charge on any atom is 0.245 e. The van der Waals surface area contributed by atoms with Crippen molar-refractivity contribution >= 4 is 35.0 Å². The van der Waals surface area contributed by atoms with E-state index >= 15 is 0 Å². The van der Waals surface area contributed by atoms with Gasteiger partial charge < -0.3 is 0 Å². The SMILES string of the molecule is CCC12C(=O)N(c3ccccc3)C(c3ccccc3)([C@@H]3C(=O)NC(=O)[C@@H]31)N(c1ccccc1)C2=O. The maximum absolute atomic E-state index is 14.5. The van der Waals surface area contributed by atoms with E-state index in [4.69, 9.17) is 0 Å². The summed E-state index contributed by atoms with van der Waals surface area (Å²) in [6, 6.07) is 27.2. The maximum atomic E-state index is 14.5. The fourth-order valence-corrected chi connectivity index (χ4v) is 6.37. The molecule has 4 fully saturated rings. The number of para-hydroxylation sites is 2. The fourth-order valence-electron chi connectivity index (χ4n) is 6.37. The van der Waals surface area contributed by atoms with Crippen LogP contribution in [0, 0.1) is 17.3 Å². The first-order chi connectivity index (χ1) is 17.0. The first-order valence-electron chi connectivity index (χ1n) is 11.7. The predicted octanol–water partition coefficient (Wildman–Crippen LogP) is 3.22. The third-order valence-corrected chi connectivity index (χ3v) is 7.75. The molecule has 4 aliphatic heterocycles. The summed E-state index contributed by atoms with van der Waals surface area (Å²) in [5.74, 6) is -4.06. The molecule has 4 aliphatic rings. The van der Waals surface area contributed by atoms with Crippen molar-refractivity contribution in [2.75, 3.05) is 9.80 Å². The minimum Gasteiger partial charge on any atom is -0.296 e. The number of carbonyl (C=O) groups excluding carboxylic acids is 4. The van der Waals surface area contributed by atoms with Crippen molar-refractivity contribution in [3.05, 3.63) is 96.6 Å². The van der Waals surface area contributed by atoms with Crippen LogP contribution < -0.4 is 15.1 Å². The number of amides is 4. The van der Waals surface area contributed by atoms with Gasteiger partial charge in [0.1, 0.15) is 5.41 Å². The number of rotatable bonds is 4. The molecule has 1 N–H and O–H groups in total. The lowest BCUT2D eigenvalue weighted by molar-refractivity contribution is -0.167. The number of piperidine rings is 2. The van der Waals surface area contributed by atoms with Crippen LogP contribution in [0.2, 0.25) is 0 Å². The molecule has 3 aromatic carbocycles. The normalized spacial score (nSPS) is 29.4. The van der Waals surface area contributed by atoms with Crippen LogP contribution in [0.5, 0.6) is 0 Å². The highest BCUT2D eigenvalue weighted by atomic mass is 16.2. The van der Waals surface area contributed by atoms with Crippen LogP contribution in [0.3, 0.4) is 0 Å². The monoisotopic (exact) mass is 465 g/mol. The second-order valence-corrected chi connectivity index (χ2v) is 9.18. The number of nitrogens with zero attached hydrogens (tertiary/aromatic N) is 2. The Morgan fingerprint density at radius 2 is 1.09 bits per heavy atom. The predicted molar refractivity (Wildman–Crippen MR) is 129 cm³/mol. The molecule has 3 aromatic rings. The minimum absolute atomic E-state index is 0.0874. The zero-order valence-corrected chi connectivity index (χ0v) is 19.0. The quantitative estimate of drug-likeness (QED) is 0.474. The number of carbonyl (C=O) groups is 4. The fraction of sp³-hybridized carbons (Fsp3) is 0.214. The Morgan fingerprint density at radius 3 is 1.54 bits per heavy atom. The van der Waals surface area contributed by atoms with Crippen LogP contribution in [0.25, 0.3) is 0 Å². The van der Waals surface area contributed by atoms with Crippen LogP contribution in [-0.2, 0) is 24.8 Å². The van der Waals surface area contributed by atoms with E-state index in [2.05, 4.69) is 5.32 Å². The number of benzene rings is 3. The van der Waals surface area contributed by atoms with E-state index < -0.39 is 46.5 Å². The van der Waals surface area contributed by atoms with Crippen molar-refractivity contribution in [1.29, 1.82) is 0 Å². The molecule has 2 bridgehead atoms. The van der Waals surface area contributed by atoms with Gasteiger partial charge in [0.05, 0.1) is 11.8 Å². The molecule has 4 amide bonds. The van der Waals surface area contributed by atoms with Crippen molar-refractivity contribution < 1.29 is 19.2 Å². The van der Waals surface area contributed by atoms with Crippen molar-refractivity contribution in [2.45, 2.75) is 19.0 Å². The Morgan fingerprint density at radius 1 is 0.657 bits per heavy atom. The van der Waals surface area contributed by atoms with Gasteiger partial charge in [0.25, 0.3) is 0 Å². The Hall–Kier alpha value is -4.26. The lowest BCUT2D eigenvalue weighted by atomic mass is 9.54. The number of hydrogen-bond donors (Lipinski definition) is 1. The van der Waals surface area contributed by atoms with Crippen LogP contribution in [0.15, 0.2) is 91.0 Å². The zero-order chi connectivity index (χ0) is 24.4. The molecule has 7 rings (SSSR count). The summed E-state index contributed by atoms with van der Waals surface area (Å²) in [4.78, 5) is 59.0. The van der Waals surface area contributed by atoms with Crippen molar-refractivity contribution in [1.82, 2.24) is 5.32 Å². The molecule has 7 nitrogen and oxygen atoms in total. The lowest BCUT2D eigenvalue weighted by Gasteiger charge is -2.66. The molecule has 0 spiro atoms. The molecule has 0 unspecified atom stereocenters. The Balaban J connectivity index is 1.79. The van der Waals surface area contributed by atoms with Gasteiger partial charge in [-0.2, -0.15) is 0 Å². The van der Waals surface area contributed by atoms with Gasteiger partial charge in [0.2, 0.25) is 23.6 Å². The van der Waals surface area contributed by atoms with E-state index in [1.54, 1.807) is 41.0 Å². The van der Waals surface area contributed by atoms with E-state index in [-0.39, 0.29) is 6.42 Å². The zero-order valence-electron chi connectivity index (χ0n) is 19.0. The topological polar surface area (TPSA) is 86.8 Å². The number of hydrogen-bond acceptors (Lipinski definition) is 4. The van der Waals surface area contributed by atoms with Crippen molar-refractivity contribution in [2.24, 2.45) is 17.3 Å². The summed E-state index contributed by atoms with van der Waals surface area (Å²) in [5, 5.41) is 2.46. The van der Waals surface area contributed by atoms with Gasteiger partial charge in [-0.25, -0.2) is 0 Å². The average Bonchev–Trinajstić information content (AvgIpc) is 3.21. The number of fused-ring (bicyclic) bond motifs is 2. The molecule has 2 atom stereocenters. The summed E-state index contributed by atoms with van der Waals surface area (Å²) in [5.41, 5.74) is -1.59. The van der Waals surface area contributed by atoms with Gasteiger partial charge in [-0.05, 0) is 36.2 Å². The molecule has 0 radical (unpaired) electrons. The largest absolute Gasteiger partial charge is 0.296 e. The Labute approximate surface area is 202 Å². The van der Waals surface area contributed by atoms with Crippen LogP contribution >= 0.6 is 0 Å². The highest BCUT2D eigenvalue weighted by Crippen LogP contribution is 2.64. The number of imide groups is 1. The standard InChI is InChI=1S/C28H23N3O4/c1-2-27-21-22(24(33)29-23(21)32)28(18-12-6-3-7-13-18,30(25(27)34)19-14-8-4-9-15-19)31(26(27)35)20-16-10-5-11-17-20/h3-17,21-22H,2H2,1H3,(H,29,32,33)/t21-,22+,27?,28?/m1/s1. The molecule has 0 aliphatic carbocycles. The highest BCUT2D eigenvalue weighted by molar-refractivity contribution is 6.28. The molecular weight excluding hydrogens is 442 g/mol. The molecule has 35 heavy (non-hydrogen) atoms. The molecular formula is C28H23N3O4. The molecule has 4 saturated heterocycles. The summed E-state index contributed by atoms with van der Waals surface area (Å²) in [7, 11) is 0. The van der Waals surface area contributed by atoms with Crippen LogP contribution in [0.4, 0.5) is 11.4 Å². The summed E-state index contributed by atoms with van der Waals surface area (Å²) < 4.78 is 0. The van der Waals surface area contributed by atoms with E-state index in [0.29, 0.717) is 16.9 Å². The van der Waals surface area contributed by atoms with Crippen molar-refractivity contribution in [3.63, 3.8) is 0 Å². The number of nitrogens with one attached hydrogen (secondary N) is 1. The highest BCUT2D eigenvalue weighted by Gasteiger charge is 2.81. The molecule has 7 heteroatoms. The smallest absolute Gasteiger partial charge is 0.245 e. The molecule has 4 heterocycles. The average molecular weight is 466 g/mol. The Kier molecular flexibility index (Phi) is 4.48. The second-order valence-electron chi connectivity index (χ2n) is 9.18. The Bertz CT molecular complexity index is 1300. The van der Waals surface area contributed by atoms with Gasteiger partial charge in [0.15, 0.2) is 5.66 Å². The molecule has 0 saturated carbocycles. The van der Waals surface area contributed by atoms with Gasteiger partial charge in [0, 0.05) is 11.4 Å². The third kappa shape index (κ3) is 2.45. The first kappa shape index (κ1) is 21.3. The van der Waals surface area contributed by atoms with Gasteiger partial charge in [-0.15, -0.1) is 0 Å². The van der Waals surface area contributed by atoms with Crippen molar-refractivity contribution in [3.8, 4) is 0 Å². The van der Waals surface area contributed by atoms with Gasteiger partial charge >= 0.3 is 0 Å². The molecule has 0 aromatic heterocycles. The summed E-state index contributed by atoms with van der Waals surface area (Å²) >= 11 is 0. The first-order valence-corrected chi connectivity index (χ1v) is 11.7. The van der Waals surface area contributed by atoms with E-state index in [1.165, 1.54) is 0 Å². The second kappa shape index (κ2) is 7.37. The van der Waals surface area contributed by atoms with Gasteiger partial charge in [-0.3, -0.25) is 34.3 Å². The lowest BCUT2D eigenvalue weighted by Crippen LogP contribution is -2.83.